The minimum absolute atomic E-state index is 0.130. The SMILES string of the molecule is NS(=O)(=O)c1ccc(NNS(=O)(=O)c2cccc([N+](=O)[O-])c2)cc1. The topological polar surface area (TPSA) is 162 Å². The monoisotopic (exact) mass is 372 g/mol. The first kappa shape index (κ1) is 17.8. The van der Waals surface area contributed by atoms with Crippen molar-refractivity contribution >= 4 is 31.4 Å². The summed E-state index contributed by atoms with van der Waals surface area (Å²) in [5.41, 5.74) is 2.25. The molecule has 0 spiro atoms. The highest BCUT2D eigenvalue weighted by Crippen LogP contribution is 2.17. The highest BCUT2D eigenvalue weighted by molar-refractivity contribution is 7.89. The second kappa shape index (κ2) is 6.52. The van der Waals surface area contributed by atoms with E-state index < -0.39 is 25.0 Å². The molecule has 2 rings (SSSR count). The van der Waals surface area contributed by atoms with Gasteiger partial charge in [0.25, 0.3) is 15.7 Å². The molecule has 0 aliphatic rings. The van der Waals surface area contributed by atoms with E-state index in [0.717, 1.165) is 6.07 Å². The number of non-ortho nitro benzene ring substituents is 1. The average molecular weight is 372 g/mol. The van der Waals surface area contributed by atoms with E-state index in [4.69, 9.17) is 5.14 Å². The van der Waals surface area contributed by atoms with Crippen LogP contribution in [-0.2, 0) is 20.0 Å². The summed E-state index contributed by atoms with van der Waals surface area (Å²) >= 11 is 0. The third-order valence-corrected chi connectivity index (χ3v) is 5.03. The number of primary sulfonamides is 1. The Balaban J connectivity index is 2.16. The van der Waals surface area contributed by atoms with E-state index in [2.05, 4.69) is 5.43 Å². The molecule has 0 saturated heterocycles. The van der Waals surface area contributed by atoms with Gasteiger partial charge in [-0.1, -0.05) is 6.07 Å². The molecule has 0 saturated carbocycles. The van der Waals surface area contributed by atoms with E-state index in [1.54, 1.807) is 0 Å². The van der Waals surface area contributed by atoms with Crippen LogP contribution >= 0.6 is 0 Å². The third kappa shape index (κ3) is 4.26. The maximum atomic E-state index is 12.1. The predicted molar refractivity (Wildman–Crippen MR) is 84.9 cm³/mol. The van der Waals surface area contributed by atoms with Crippen molar-refractivity contribution in [2.75, 3.05) is 5.43 Å². The van der Waals surface area contributed by atoms with Gasteiger partial charge < -0.3 is 5.43 Å². The van der Waals surface area contributed by atoms with Gasteiger partial charge in [0.15, 0.2) is 0 Å². The number of rotatable bonds is 6. The molecule has 4 N–H and O–H groups in total. The van der Waals surface area contributed by atoms with Crippen molar-refractivity contribution < 1.29 is 21.8 Å². The van der Waals surface area contributed by atoms with E-state index in [1.165, 1.54) is 42.5 Å². The molecule has 0 unspecified atom stereocenters. The Hall–Kier alpha value is -2.54. The molecule has 0 bridgehead atoms. The average Bonchev–Trinajstić information content (AvgIpc) is 2.53. The number of hydrazine groups is 1. The van der Waals surface area contributed by atoms with E-state index in [9.17, 15) is 26.9 Å². The number of nitrogens with zero attached hydrogens (tertiary/aromatic N) is 1. The van der Waals surface area contributed by atoms with Crippen molar-refractivity contribution in [3.05, 3.63) is 58.6 Å². The van der Waals surface area contributed by atoms with Gasteiger partial charge in [-0.15, -0.1) is 4.83 Å². The van der Waals surface area contributed by atoms with Gasteiger partial charge in [-0.25, -0.2) is 22.0 Å². The van der Waals surface area contributed by atoms with E-state index in [0.29, 0.717) is 0 Å². The second-order valence-electron chi connectivity index (χ2n) is 4.55. The molecule has 0 aliphatic carbocycles. The molecule has 0 radical (unpaired) electrons. The van der Waals surface area contributed by atoms with Gasteiger partial charge in [0.1, 0.15) is 0 Å². The molecule has 2 aromatic carbocycles. The lowest BCUT2D eigenvalue weighted by atomic mass is 10.3. The summed E-state index contributed by atoms with van der Waals surface area (Å²) in [6.45, 7) is 0. The van der Waals surface area contributed by atoms with Crippen molar-refractivity contribution in [3.63, 3.8) is 0 Å². The van der Waals surface area contributed by atoms with Crippen LogP contribution < -0.4 is 15.4 Å². The van der Waals surface area contributed by atoms with Gasteiger partial charge in [-0.3, -0.25) is 10.1 Å². The lowest BCUT2D eigenvalue weighted by Gasteiger charge is -2.09. The van der Waals surface area contributed by atoms with Crippen LogP contribution in [0.3, 0.4) is 0 Å². The smallest absolute Gasteiger partial charge is 0.270 e. The number of anilines is 1. The molecule has 0 aliphatic heterocycles. The molecular formula is C12H12N4O6S2. The Morgan fingerprint density at radius 3 is 2.12 bits per heavy atom. The summed E-state index contributed by atoms with van der Waals surface area (Å²) < 4.78 is 46.4. The number of hydrogen-bond acceptors (Lipinski definition) is 7. The molecule has 2 aromatic rings. The van der Waals surface area contributed by atoms with E-state index in [-0.39, 0.29) is 21.2 Å². The zero-order chi connectivity index (χ0) is 18.0. The van der Waals surface area contributed by atoms with Crippen LogP contribution in [0, 0.1) is 10.1 Å². The number of hydrogen-bond donors (Lipinski definition) is 3. The summed E-state index contributed by atoms with van der Waals surface area (Å²) in [7, 11) is -7.91. The summed E-state index contributed by atoms with van der Waals surface area (Å²) in [4.78, 5) is 11.6. The van der Waals surface area contributed by atoms with Crippen LogP contribution in [0.2, 0.25) is 0 Å². The quantitative estimate of drug-likeness (QED) is 0.492. The minimum atomic E-state index is -4.06. The number of nitro groups is 1. The molecule has 12 heteroatoms. The van der Waals surface area contributed by atoms with Crippen LogP contribution in [0.25, 0.3) is 0 Å². The maximum Gasteiger partial charge on any atom is 0.270 e. The lowest BCUT2D eigenvalue weighted by Crippen LogP contribution is -2.29. The fourth-order valence-corrected chi connectivity index (χ4v) is 3.10. The van der Waals surface area contributed by atoms with Crippen molar-refractivity contribution in [2.45, 2.75) is 9.79 Å². The fourth-order valence-electron chi connectivity index (χ4n) is 1.68. The van der Waals surface area contributed by atoms with Gasteiger partial charge in [0.2, 0.25) is 10.0 Å². The molecule has 0 aromatic heterocycles. The van der Waals surface area contributed by atoms with E-state index in [1.807, 2.05) is 4.83 Å². The first-order chi connectivity index (χ1) is 11.1. The second-order valence-corrected chi connectivity index (χ2v) is 7.80. The Morgan fingerprint density at radius 1 is 0.958 bits per heavy atom. The van der Waals surface area contributed by atoms with Crippen LogP contribution in [0.4, 0.5) is 11.4 Å². The third-order valence-electron chi connectivity index (χ3n) is 2.85. The highest BCUT2D eigenvalue weighted by atomic mass is 32.2. The Morgan fingerprint density at radius 2 is 1.58 bits per heavy atom. The first-order valence-electron chi connectivity index (χ1n) is 6.25. The molecule has 10 nitrogen and oxygen atoms in total. The standard InChI is InChI=1S/C12H12N4O6S2/c13-23(19,20)11-6-4-9(5-7-11)14-15-24(21,22)12-3-1-2-10(8-12)16(17)18/h1-8,14-15H,(H2,13,19,20). The molecule has 24 heavy (non-hydrogen) atoms. The maximum absolute atomic E-state index is 12.1. The van der Waals surface area contributed by atoms with Crippen molar-refractivity contribution in [2.24, 2.45) is 5.14 Å². The number of nitrogens with one attached hydrogen (secondary N) is 2. The largest absolute Gasteiger partial charge is 0.308 e. The Kier molecular flexibility index (Phi) is 4.84. The van der Waals surface area contributed by atoms with Gasteiger partial charge in [0.05, 0.1) is 14.7 Å². The fraction of sp³-hybridized carbons (Fsp3) is 0. The summed E-state index contributed by atoms with van der Waals surface area (Å²) in [5.74, 6) is 0. The van der Waals surface area contributed by atoms with Gasteiger partial charge >= 0.3 is 0 Å². The zero-order valence-corrected chi connectivity index (χ0v) is 13.5. The normalized spacial score (nSPS) is 11.9. The van der Waals surface area contributed by atoms with Gasteiger partial charge in [-0.05, 0) is 30.3 Å². The molecule has 0 heterocycles. The van der Waals surface area contributed by atoms with Gasteiger partial charge in [0, 0.05) is 17.8 Å². The molecular weight excluding hydrogens is 360 g/mol. The summed E-state index contributed by atoms with van der Waals surface area (Å²) in [6, 6.07) is 9.51. The van der Waals surface area contributed by atoms with Crippen molar-refractivity contribution in [3.8, 4) is 0 Å². The summed E-state index contributed by atoms with van der Waals surface area (Å²) in [5, 5.41) is 15.6. The number of benzene rings is 2. The number of sulfonamides is 2. The minimum Gasteiger partial charge on any atom is -0.308 e. The van der Waals surface area contributed by atoms with Crippen LogP contribution in [0.1, 0.15) is 0 Å². The molecule has 0 fully saturated rings. The Bertz CT molecular complexity index is 971. The highest BCUT2D eigenvalue weighted by Gasteiger charge is 2.17. The van der Waals surface area contributed by atoms with Gasteiger partial charge in [-0.2, -0.15) is 0 Å². The molecule has 0 amide bonds. The van der Waals surface area contributed by atoms with Crippen LogP contribution in [0.5, 0.6) is 0 Å². The Labute approximate surface area is 137 Å². The van der Waals surface area contributed by atoms with Crippen molar-refractivity contribution in [1.29, 1.82) is 0 Å². The lowest BCUT2D eigenvalue weighted by molar-refractivity contribution is -0.385. The van der Waals surface area contributed by atoms with Crippen LogP contribution in [-0.4, -0.2) is 21.8 Å². The number of nitro benzene ring substituents is 1. The predicted octanol–water partition coefficient (Wildman–Crippen LogP) is 0.548. The number of nitrogens with two attached hydrogens (primary N) is 1. The molecule has 128 valence electrons. The first-order valence-corrected chi connectivity index (χ1v) is 9.28. The van der Waals surface area contributed by atoms with E-state index >= 15 is 0 Å². The van der Waals surface area contributed by atoms with Crippen molar-refractivity contribution in [1.82, 2.24) is 4.83 Å². The summed E-state index contributed by atoms with van der Waals surface area (Å²) in [6.07, 6.45) is 0. The zero-order valence-electron chi connectivity index (χ0n) is 11.9. The van der Waals surface area contributed by atoms with Crippen LogP contribution in [0.15, 0.2) is 58.3 Å². The molecule has 0 atom stereocenters.